The number of aliphatic hydroxyl groups is 1. The number of fused-ring (bicyclic) bond motifs is 1. The fraction of sp³-hybridized carbons (Fsp3) is 0.448. The number of benzene rings is 2. The van der Waals surface area contributed by atoms with E-state index in [0.717, 1.165) is 23.8 Å². The summed E-state index contributed by atoms with van der Waals surface area (Å²) in [6.07, 6.45) is 0.367. The molecule has 0 aliphatic carbocycles. The Hall–Kier alpha value is -3.21. The van der Waals surface area contributed by atoms with Crippen LogP contribution >= 0.6 is 0 Å². The molecular formula is C29H31F3N4O3. The van der Waals surface area contributed by atoms with Crippen molar-refractivity contribution in [3.8, 4) is 11.3 Å². The Balaban J connectivity index is 1.48. The van der Waals surface area contributed by atoms with Crippen molar-refractivity contribution >= 4 is 5.91 Å². The zero-order chi connectivity index (χ0) is 27.1. The molecule has 3 saturated heterocycles. The Bertz CT molecular complexity index is 1330. The molecule has 5 atom stereocenters. The summed E-state index contributed by atoms with van der Waals surface area (Å²) in [6.45, 7) is 1.58. The minimum atomic E-state index is -1.38. The average Bonchev–Trinajstić information content (AvgIpc) is 3.53. The van der Waals surface area contributed by atoms with Gasteiger partial charge in [-0.05, 0) is 42.5 Å². The van der Waals surface area contributed by atoms with Gasteiger partial charge in [-0.2, -0.15) is 0 Å². The van der Waals surface area contributed by atoms with E-state index in [0.29, 0.717) is 38.4 Å². The Morgan fingerprint density at radius 1 is 1.13 bits per heavy atom. The lowest BCUT2D eigenvalue weighted by Crippen LogP contribution is -2.60. The van der Waals surface area contributed by atoms with Crippen molar-refractivity contribution in [2.24, 2.45) is 11.8 Å². The minimum Gasteiger partial charge on any atom is -0.382 e. The van der Waals surface area contributed by atoms with Crippen LogP contribution < -0.4 is 5.32 Å². The van der Waals surface area contributed by atoms with Crippen molar-refractivity contribution in [1.29, 1.82) is 0 Å². The van der Waals surface area contributed by atoms with Gasteiger partial charge in [0.05, 0.1) is 11.7 Å². The number of ether oxygens (including phenoxy) is 1. The monoisotopic (exact) mass is 540 g/mol. The molecule has 7 nitrogen and oxygen atoms in total. The largest absolute Gasteiger partial charge is 0.382 e. The van der Waals surface area contributed by atoms with E-state index in [-0.39, 0.29) is 30.3 Å². The van der Waals surface area contributed by atoms with E-state index in [1.54, 1.807) is 11.1 Å². The van der Waals surface area contributed by atoms with Gasteiger partial charge in [0.15, 0.2) is 0 Å². The standard InChI is InChI=1S/C29H31F3N4O3/c30-19-6-7-22(31)20(12-19)24-16-35(14-17-4-2-1-3-5-17)28(34-24)26(18-8-10-39-11-9-18)36-15-21-23(32)13-33-25(21)27(37)29(36)38/h1-7,12,16,18,21,23,25-27,33,37H,8-11,13-15H2/t21-,23-,25?,26-,27+/m1/s1. The van der Waals surface area contributed by atoms with Crippen LogP contribution in [0, 0.1) is 23.5 Å². The highest BCUT2D eigenvalue weighted by Gasteiger charge is 2.52. The van der Waals surface area contributed by atoms with Crippen molar-refractivity contribution in [2.45, 2.75) is 43.7 Å². The number of likely N-dealkylation sites (tertiary alicyclic amines) is 1. The molecule has 206 valence electrons. The molecule has 6 rings (SSSR count). The van der Waals surface area contributed by atoms with E-state index in [2.05, 4.69) is 5.32 Å². The maximum atomic E-state index is 14.9. The second-order valence-electron chi connectivity index (χ2n) is 10.7. The Morgan fingerprint density at radius 2 is 1.90 bits per heavy atom. The van der Waals surface area contributed by atoms with Gasteiger partial charge in [-0.25, -0.2) is 18.2 Å². The molecular weight excluding hydrogens is 509 g/mol. The van der Waals surface area contributed by atoms with Crippen molar-refractivity contribution in [3.05, 3.63) is 77.8 Å². The lowest BCUT2D eigenvalue weighted by molar-refractivity contribution is -0.154. The Kier molecular flexibility index (Phi) is 7.18. The first-order valence-electron chi connectivity index (χ1n) is 13.4. The summed E-state index contributed by atoms with van der Waals surface area (Å²) in [6, 6.07) is 11.6. The number of aliphatic hydroxyl groups excluding tert-OH is 1. The van der Waals surface area contributed by atoms with Crippen LogP contribution in [0.25, 0.3) is 11.3 Å². The maximum Gasteiger partial charge on any atom is 0.253 e. The van der Waals surface area contributed by atoms with Gasteiger partial charge in [0.1, 0.15) is 29.7 Å². The maximum absolute atomic E-state index is 14.9. The first-order valence-corrected chi connectivity index (χ1v) is 13.4. The fourth-order valence-corrected chi connectivity index (χ4v) is 6.27. The molecule has 1 amide bonds. The molecule has 1 unspecified atom stereocenters. The molecule has 3 aromatic rings. The summed E-state index contributed by atoms with van der Waals surface area (Å²) in [5.74, 6) is -1.83. The van der Waals surface area contributed by atoms with Gasteiger partial charge in [-0.1, -0.05) is 30.3 Å². The number of hydrogen-bond donors (Lipinski definition) is 2. The second kappa shape index (κ2) is 10.7. The minimum absolute atomic E-state index is 0.0164. The van der Waals surface area contributed by atoms with E-state index in [9.17, 15) is 23.1 Å². The molecule has 0 bridgehead atoms. The molecule has 10 heteroatoms. The third kappa shape index (κ3) is 4.97. The van der Waals surface area contributed by atoms with Crippen LogP contribution in [0.1, 0.15) is 30.3 Å². The quantitative estimate of drug-likeness (QED) is 0.501. The van der Waals surface area contributed by atoms with Crippen LogP contribution in [0.3, 0.4) is 0 Å². The SMILES string of the molecule is O=C1[C@@H](O)C2NC[C@@H](F)[C@H]2CN1[C@@H](c1nc(-c2cc(F)ccc2F)cn1Cc1ccccc1)C1CCOCC1. The van der Waals surface area contributed by atoms with Gasteiger partial charge in [0, 0.05) is 56.6 Å². The van der Waals surface area contributed by atoms with E-state index in [1.807, 2.05) is 34.9 Å². The predicted molar refractivity (Wildman–Crippen MR) is 137 cm³/mol. The summed E-state index contributed by atoms with van der Waals surface area (Å²) >= 11 is 0. The van der Waals surface area contributed by atoms with Crippen molar-refractivity contribution < 1.29 is 27.8 Å². The van der Waals surface area contributed by atoms with Gasteiger partial charge in [0.25, 0.3) is 5.91 Å². The number of alkyl halides is 1. The number of hydrogen-bond acceptors (Lipinski definition) is 5. The molecule has 4 heterocycles. The van der Waals surface area contributed by atoms with E-state index < -0.39 is 47.8 Å². The fourth-order valence-electron chi connectivity index (χ4n) is 6.27. The van der Waals surface area contributed by atoms with Crippen LogP contribution in [-0.2, 0) is 16.1 Å². The predicted octanol–water partition coefficient (Wildman–Crippen LogP) is 3.47. The molecule has 0 radical (unpaired) electrons. The number of halogens is 3. The molecule has 0 saturated carbocycles. The first-order chi connectivity index (χ1) is 18.9. The number of imidazole rings is 1. The smallest absolute Gasteiger partial charge is 0.253 e. The molecule has 0 spiro atoms. The Morgan fingerprint density at radius 3 is 2.67 bits per heavy atom. The second-order valence-corrected chi connectivity index (χ2v) is 10.7. The van der Waals surface area contributed by atoms with Crippen molar-refractivity contribution in [1.82, 2.24) is 19.8 Å². The molecule has 3 aliphatic heterocycles. The lowest BCUT2D eigenvalue weighted by Gasteiger charge is -2.45. The molecule has 3 aliphatic rings. The first kappa shape index (κ1) is 26.0. The average molecular weight is 541 g/mol. The highest BCUT2D eigenvalue weighted by molar-refractivity contribution is 5.83. The highest BCUT2D eigenvalue weighted by Crippen LogP contribution is 2.41. The highest BCUT2D eigenvalue weighted by atomic mass is 19.1. The number of amides is 1. The normalized spacial score (nSPS) is 26.6. The van der Waals surface area contributed by atoms with Crippen molar-refractivity contribution in [3.63, 3.8) is 0 Å². The molecule has 1 aromatic heterocycles. The zero-order valence-corrected chi connectivity index (χ0v) is 21.3. The number of nitrogens with zero attached hydrogens (tertiary/aromatic N) is 3. The topological polar surface area (TPSA) is 79.6 Å². The lowest BCUT2D eigenvalue weighted by atomic mass is 9.84. The van der Waals surface area contributed by atoms with Gasteiger partial charge in [-0.15, -0.1) is 0 Å². The van der Waals surface area contributed by atoms with Gasteiger partial charge >= 0.3 is 0 Å². The molecule has 3 fully saturated rings. The summed E-state index contributed by atoms with van der Waals surface area (Å²) in [5, 5.41) is 13.9. The number of carbonyl (C=O) groups is 1. The van der Waals surface area contributed by atoms with Crippen LogP contribution in [0.5, 0.6) is 0 Å². The summed E-state index contributed by atoms with van der Waals surface area (Å²) in [4.78, 5) is 20.0. The summed E-state index contributed by atoms with van der Waals surface area (Å²) in [5.41, 5.74) is 1.22. The Labute approximate surface area is 224 Å². The number of piperidine rings is 1. The van der Waals surface area contributed by atoms with Crippen molar-refractivity contribution in [2.75, 3.05) is 26.3 Å². The van der Waals surface area contributed by atoms with E-state index >= 15 is 0 Å². The van der Waals surface area contributed by atoms with Crippen LogP contribution in [0.15, 0.2) is 54.7 Å². The van der Waals surface area contributed by atoms with Crippen LogP contribution in [0.4, 0.5) is 13.2 Å². The van der Waals surface area contributed by atoms with E-state index in [1.165, 1.54) is 0 Å². The summed E-state index contributed by atoms with van der Waals surface area (Å²) in [7, 11) is 0. The van der Waals surface area contributed by atoms with Gasteiger partial charge in [0.2, 0.25) is 0 Å². The van der Waals surface area contributed by atoms with Gasteiger partial charge < -0.3 is 24.6 Å². The van der Waals surface area contributed by atoms with Crippen LogP contribution in [0.2, 0.25) is 0 Å². The number of aromatic nitrogens is 2. The summed E-state index contributed by atoms with van der Waals surface area (Å²) < 4.78 is 51.3. The van der Waals surface area contributed by atoms with Gasteiger partial charge in [-0.3, -0.25) is 4.79 Å². The number of nitrogens with one attached hydrogen (secondary N) is 1. The zero-order valence-electron chi connectivity index (χ0n) is 21.3. The van der Waals surface area contributed by atoms with Crippen LogP contribution in [-0.4, -0.2) is 70.1 Å². The molecule has 2 N–H and O–H groups in total. The number of rotatable bonds is 6. The van der Waals surface area contributed by atoms with E-state index in [4.69, 9.17) is 9.72 Å². The third-order valence-electron chi connectivity index (χ3n) is 8.28. The molecule has 39 heavy (non-hydrogen) atoms. The third-order valence-corrected chi connectivity index (χ3v) is 8.28. The molecule has 2 aromatic carbocycles. The number of carbonyl (C=O) groups excluding carboxylic acids is 1.